The highest BCUT2D eigenvalue weighted by molar-refractivity contribution is 7.89. The van der Waals surface area contributed by atoms with E-state index in [4.69, 9.17) is 9.84 Å². The Morgan fingerprint density at radius 2 is 1.92 bits per heavy atom. The number of sulfonamides is 1. The van der Waals surface area contributed by atoms with Gasteiger partial charge >= 0.3 is 5.97 Å². The summed E-state index contributed by atoms with van der Waals surface area (Å²) in [6, 6.07) is 5.58. The SMILES string of the molecule is O=C(O)CC1(NC(=O)c2ccc(S(=O)(=O)NC3CC3)cc2)CCOC1. The summed E-state index contributed by atoms with van der Waals surface area (Å²) in [4.78, 5) is 23.6. The summed E-state index contributed by atoms with van der Waals surface area (Å²) in [5.41, 5.74) is -0.664. The molecule has 1 heterocycles. The van der Waals surface area contributed by atoms with Crippen molar-refractivity contribution in [1.82, 2.24) is 10.0 Å². The maximum absolute atomic E-state index is 12.4. The van der Waals surface area contributed by atoms with Crippen LogP contribution in [0.25, 0.3) is 0 Å². The van der Waals surface area contributed by atoms with E-state index in [1.807, 2.05) is 0 Å². The molecule has 1 aliphatic heterocycles. The lowest BCUT2D eigenvalue weighted by molar-refractivity contribution is -0.138. The van der Waals surface area contributed by atoms with E-state index in [0.717, 1.165) is 12.8 Å². The summed E-state index contributed by atoms with van der Waals surface area (Å²) < 4.78 is 32.1. The number of carboxylic acid groups (broad SMARTS) is 1. The molecule has 1 unspecified atom stereocenters. The number of hydrogen-bond donors (Lipinski definition) is 3. The van der Waals surface area contributed by atoms with Crippen molar-refractivity contribution in [2.24, 2.45) is 0 Å². The molecule has 1 saturated carbocycles. The molecule has 9 heteroatoms. The largest absolute Gasteiger partial charge is 0.481 e. The Kier molecular flexibility index (Phi) is 4.81. The van der Waals surface area contributed by atoms with E-state index in [0.29, 0.717) is 13.0 Å². The fourth-order valence-electron chi connectivity index (χ4n) is 2.77. The summed E-state index contributed by atoms with van der Waals surface area (Å²) in [6.45, 7) is 0.528. The van der Waals surface area contributed by atoms with E-state index >= 15 is 0 Å². The van der Waals surface area contributed by atoms with Gasteiger partial charge in [0, 0.05) is 18.2 Å². The molecule has 3 N–H and O–H groups in total. The van der Waals surface area contributed by atoms with Crippen LogP contribution in [0, 0.1) is 0 Å². The molecular weight excluding hydrogens is 348 g/mol. The molecule has 8 nitrogen and oxygen atoms in total. The van der Waals surface area contributed by atoms with Gasteiger partial charge < -0.3 is 15.2 Å². The second kappa shape index (κ2) is 6.74. The third kappa shape index (κ3) is 4.36. The van der Waals surface area contributed by atoms with E-state index in [1.165, 1.54) is 24.3 Å². The zero-order chi connectivity index (χ0) is 18.1. The van der Waals surface area contributed by atoms with Crippen LogP contribution in [-0.2, 0) is 19.6 Å². The van der Waals surface area contributed by atoms with E-state index in [2.05, 4.69) is 10.0 Å². The molecule has 1 amide bonds. The summed E-state index contributed by atoms with van der Waals surface area (Å²) in [6.07, 6.45) is 1.88. The number of benzene rings is 1. The first kappa shape index (κ1) is 17.8. The third-order valence-corrected chi connectivity index (χ3v) is 5.83. The predicted molar refractivity (Wildman–Crippen MR) is 87.7 cm³/mol. The lowest BCUT2D eigenvalue weighted by atomic mass is 9.94. The van der Waals surface area contributed by atoms with Crippen LogP contribution in [-0.4, -0.2) is 50.2 Å². The first-order valence-electron chi connectivity index (χ1n) is 8.04. The Labute approximate surface area is 145 Å². The molecule has 1 atom stereocenters. The number of hydrogen-bond acceptors (Lipinski definition) is 5. The first-order valence-corrected chi connectivity index (χ1v) is 9.52. The Bertz CT molecular complexity index is 764. The highest BCUT2D eigenvalue weighted by atomic mass is 32.2. The smallest absolute Gasteiger partial charge is 0.305 e. The minimum Gasteiger partial charge on any atom is -0.481 e. The van der Waals surface area contributed by atoms with E-state index in [9.17, 15) is 18.0 Å². The number of ether oxygens (including phenoxy) is 1. The van der Waals surface area contributed by atoms with Gasteiger partial charge in [-0.3, -0.25) is 9.59 Å². The van der Waals surface area contributed by atoms with Crippen LogP contribution in [0.2, 0.25) is 0 Å². The van der Waals surface area contributed by atoms with E-state index in [1.54, 1.807) is 0 Å². The van der Waals surface area contributed by atoms with Gasteiger partial charge in [-0.05, 0) is 43.5 Å². The number of nitrogens with one attached hydrogen (secondary N) is 2. The highest BCUT2D eigenvalue weighted by Gasteiger charge is 2.38. The predicted octanol–water partition coefficient (Wildman–Crippen LogP) is 0.491. The minimum atomic E-state index is -3.57. The van der Waals surface area contributed by atoms with Crippen molar-refractivity contribution in [3.63, 3.8) is 0 Å². The van der Waals surface area contributed by atoms with E-state index in [-0.39, 0.29) is 29.5 Å². The Morgan fingerprint density at radius 1 is 1.24 bits per heavy atom. The number of amides is 1. The highest BCUT2D eigenvalue weighted by Crippen LogP contribution is 2.24. The van der Waals surface area contributed by atoms with Gasteiger partial charge in [-0.2, -0.15) is 0 Å². The second-order valence-electron chi connectivity index (χ2n) is 6.53. The number of aliphatic carboxylic acids is 1. The van der Waals surface area contributed by atoms with Gasteiger partial charge in [0.25, 0.3) is 5.91 Å². The fraction of sp³-hybridized carbons (Fsp3) is 0.500. The number of carbonyl (C=O) groups excluding carboxylic acids is 1. The number of carboxylic acids is 1. The molecule has 1 aromatic rings. The number of rotatable bonds is 7. The molecule has 25 heavy (non-hydrogen) atoms. The van der Waals surface area contributed by atoms with Crippen LogP contribution in [0.3, 0.4) is 0 Å². The zero-order valence-electron chi connectivity index (χ0n) is 13.5. The summed E-state index contributed by atoms with van der Waals surface area (Å²) >= 11 is 0. The van der Waals surface area contributed by atoms with Gasteiger partial charge in [0.15, 0.2) is 0 Å². The molecule has 0 bridgehead atoms. The zero-order valence-corrected chi connectivity index (χ0v) is 14.3. The quantitative estimate of drug-likeness (QED) is 0.644. The third-order valence-electron chi connectivity index (χ3n) is 4.30. The van der Waals surface area contributed by atoms with Crippen LogP contribution >= 0.6 is 0 Å². The van der Waals surface area contributed by atoms with E-state index < -0.39 is 27.4 Å². The lowest BCUT2D eigenvalue weighted by Crippen LogP contribution is -2.50. The van der Waals surface area contributed by atoms with Crippen LogP contribution in [0.1, 0.15) is 36.0 Å². The standard InChI is InChI=1S/C16H20N2O6S/c19-14(20)9-16(7-8-24-10-16)17-15(21)11-1-5-13(6-2-11)25(22,23)18-12-3-4-12/h1-2,5-6,12,18H,3-4,7-10H2,(H,17,21)(H,19,20). The van der Waals surface area contributed by atoms with Gasteiger partial charge in [-0.25, -0.2) is 13.1 Å². The number of carbonyl (C=O) groups is 2. The summed E-state index contributed by atoms with van der Waals surface area (Å²) in [5, 5.41) is 11.8. The minimum absolute atomic E-state index is 0.00576. The molecule has 2 aliphatic rings. The van der Waals surface area contributed by atoms with Crippen LogP contribution in [0.4, 0.5) is 0 Å². The molecule has 1 aromatic carbocycles. The second-order valence-corrected chi connectivity index (χ2v) is 8.24. The molecular formula is C16H20N2O6S. The molecule has 1 aliphatic carbocycles. The van der Waals surface area contributed by atoms with Crippen LogP contribution in [0.5, 0.6) is 0 Å². The molecule has 1 saturated heterocycles. The van der Waals surface area contributed by atoms with Crippen molar-refractivity contribution in [1.29, 1.82) is 0 Å². The molecule has 136 valence electrons. The van der Waals surface area contributed by atoms with Gasteiger partial charge in [0.2, 0.25) is 10.0 Å². The summed E-state index contributed by atoms with van der Waals surface area (Å²) in [5.74, 6) is -1.47. The first-order chi connectivity index (χ1) is 11.8. The molecule has 0 spiro atoms. The van der Waals surface area contributed by atoms with Crippen molar-refractivity contribution in [2.75, 3.05) is 13.2 Å². The van der Waals surface area contributed by atoms with Crippen molar-refractivity contribution in [2.45, 2.75) is 42.2 Å². The molecule has 3 rings (SSSR count). The summed E-state index contributed by atoms with van der Waals surface area (Å²) in [7, 11) is -3.57. The van der Waals surface area contributed by atoms with Crippen molar-refractivity contribution in [3.05, 3.63) is 29.8 Å². The average Bonchev–Trinajstić information content (AvgIpc) is 3.23. The maximum atomic E-state index is 12.4. The van der Waals surface area contributed by atoms with Gasteiger partial charge in [-0.15, -0.1) is 0 Å². The van der Waals surface area contributed by atoms with Crippen molar-refractivity contribution >= 4 is 21.9 Å². The molecule has 0 radical (unpaired) electrons. The molecule has 2 fully saturated rings. The monoisotopic (exact) mass is 368 g/mol. The maximum Gasteiger partial charge on any atom is 0.305 e. The van der Waals surface area contributed by atoms with Gasteiger partial charge in [0.05, 0.1) is 23.5 Å². The van der Waals surface area contributed by atoms with Crippen LogP contribution < -0.4 is 10.0 Å². The van der Waals surface area contributed by atoms with Crippen molar-refractivity contribution < 1.29 is 27.9 Å². The Morgan fingerprint density at radius 3 is 2.44 bits per heavy atom. The Balaban J connectivity index is 1.70. The van der Waals surface area contributed by atoms with Crippen LogP contribution in [0.15, 0.2) is 29.2 Å². The van der Waals surface area contributed by atoms with Gasteiger partial charge in [0.1, 0.15) is 0 Å². The molecule has 0 aromatic heterocycles. The average molecular weight is 368 g/mol. The fourth-order valence-corrected chi connectivity index (χ4v) is 4.07. The Hall–Kier alpha value is -1.97. The normalized spacial score (nSPS) is 23.4. The topological polar surface area (TPSA) is 122 Å². The lowest BCUT2D eigenvalue weighted by Gasteiger charge is -2.27. The van der Waals surface area contributed by atoms with Crippen molar-refractivity contribution in [3.8, 4) is 0 Å². The van der Waals surface area contributed by atoms with Gasteiger partial charge in [-0.1, -0.05) is 0 Å².